The molecule has 3 aromatic rings. The average molecular weight is 457 g/mol. The van der Waals surface area contributed by atoms with Crippen LogP contribution in [0, 0.1) is 18.7 Å². The third-order valence-electron chi connectivity index (χ3n) is 5.70. The molecule has 9 heteroatoms. The molecule has 1 amide bonds. The van der Waals surface area contributed by atoms with E-state index in [9.17, 15) is 17.6 Å². The predicted molar refractivity (Wildman–Crippen MR) is 120 cm³/mol. The molecule has 1 unspecified atom stereocenters. The van der Waals surface area contributed by atoms with E-state index < -0.39 is 21.7 Å². The number of piperidine rings is 1. The van der Waals surface area contributed by atoms with Gasteiger partial charge in [-0.15, -0.1) is 0 Å². The number of hydrogen-bond donors (Lipinski definition) is 1. The lowest BCUT2D eigenvalue weighted by Gasteiger charge is -2.30. The van der Waals surface area contributed by atoms with Crippen LogP contribution in [0.5, 0.6) is 0 Å². The number of nitrogens with zero attached hydrogens (tertiary/aromatic N) is 3. The third kappa shape index (κ3) is 4.31. The first-order valence-electron chi connectivity index (χ1n) is 10.5. The van der Waals surface area contributed by atoms with Crippen LogP contribution in [-0.4, -0.2) is 41.5 Å². The molecule has 0 spiro atoms. The highest BCUT2D eigenvalue weighted by molar-refractivity contribution is 7.89. The van der Waals surface area contributed by atoms with Crippen molar-refractivity contribution in [2.75, 3.05) is 18.4 Å². The summed E-state index contributed by atoms with van der Waals surface area (Å²) >= 11 is 0. The van der Waals surface area contributed by atoms with Crippen molar-refractivity contribution in [3.05, 3.63) is 71.8 Å². The van der Waals surface area contributed by atoms with Gasteiger partial charge in [0.2, 0.25) is 10.0 Å². The molecule has 32 heavy (non-hydrogen) atoms. The quantitative estimate of drug-likeness (QED) is 0.629. The first-order chi connectivity index (χ1) is 15.3. The average Bonchev–Trinajstić information content (AvgIpc) is 3.15. The number of anilines is 1. The Hall–Kier alpha value is -3.04. The maximum absolute atomic E-state index is 14.1. The fourth-order valence-corrected chi connectivity index (χ4v) is 5.52. The summed E-state index contributed by atoms with van der Waals surface area (Å²) in [6.07, 6.45) is 3.27. The van der Waals surface area contributed by atoms with Crippen molar-refractivity contribution in [1.82, 2.24) is 14.1 Å². The Kier molecular flexibility index (Phi) is 6.12. The number of sulfonamides is 1. The maximum atomic E-state index is 14.1. The Balaban J connectivity index is 1.50. The molecule has 1 saturated heterocycles. The van der Waals surface area contributed by atoms with Gasteiger partial charge in [-0.3, -0.25) is 4.79 Å². The van der Waals surface area contributed by atoms with E-state index in [0.717, 1.165) is 12.8 Å². The zero-order chi connectivity index (χ0) is 22.9. The van der Waals surface area contributed by atoms with Crippen LogP contribution in [0.15, 0.2) is 59.6 Å². The summed E-state index contributed by atoms with van der Waals surface area (Å²) in [6.45, 7) is 4.78. The van der Waals surface area contributed by atoms with E-state index in [-0.39, 0.29) is 10.6 Å². The summed E-state index contributed by atoms with van der Waals surface area (Å²) in [5.41, 5.74) is 1.50. The molecule has 168 valence electrons. The van der Waals surface area contributed by atoms with Crippen LogP contribution >= 0.6 is 0 Å². The Morgan fingerprint density at radius 3 is 2.56 bits per heavy atom. The monoisotopic (exact) mass is 456 g/mol. The second kappa shape index (κ2) is 8.84. The molecule has 1 atom stereocenters. The Morgan fingerprint density at radius 2 is 1.88 bits per heavy atom. The molecule has 4 rings (SSSR count). The minimum absolute atomic E-state index is 0.202. The molecule has 1 aliphatic rings. The van der Waals surface area contributed by atoms with Crippen molar-refractivity contribution in [2.24, 2.45) is 5.92 Å². The number of halogens is 1. The molecular weight excluding hydrogens is 431 g/mol. The SMILES string of the molecule is Cc1c(C(=O)Nc2ccc(S(=O)(=O)N3CCCC(C)C3)cc2)cnn1-c1ccccc1F. The fraction of sp³-hybridized carbons (Fsp3) is 0.304. The van der Waals surface area contributed by atoms with E-state index >= 15 is 0 Å². The summed E-state index contributed by atoms with van der Waals surface area (Å²) < 4.78 is 42.8. The summed E-state index contributed by atoms with van der Waals surface area (Å²) in [7, 11) is -3.56. The van der Waals surface area contributed by atoms with E-state index in [4.69, 9.17) is 0 Å². The Bertz CT molecular complexity index is 1240. The maximum Gasteiger partial charge on any atom is 0.259 e. The van der Waals surface area contributed by atoms with Crippen LogP contribution in [0.4, 0.5) is 10.1 Å². The molecule has 0 aliphatic carbocycles. The summed E-state index contributed by atoms with van der Waals surface area (Å²) in [6, 6.07) is 12.3. The number of benzene rings is 2. The van der Waals surface area contributed by atoms with E-state index in [1.54, 1.807) is 37.3 Å². The first kappa shape index (κ1) is 22.2. The van der Waals surface area contributed by atoms with E-state index in [1.165, 1.54) is 33.4 Å². The van der Waals surface area contributed by atoms with Gasteiger partial charge < -0.3 is 5.32 Å². The van der Waals surface area contributed by atoms with Crippen molar-refractivity contribution in [3.8, 4) is 5.69 Å². The highest BCUT2D eigenvalue weighted by Gasteiger charge is 2.28. The molecule has 1 aliphatic heterocycles. The van der Waals surface area contributed by atoms with E-state index in [1.807, 2.05) is 0 Å². The summed E-state index contributed by atoms with van der Waals surface area (Å²) in [4.78, 5) is 12.9. The standard InChI is InChI=1S/C23H25FN4O3S/c1-16-6-5-13-27(15-16)32(30,31)19-11-9-18(10-12-19)26-23(29)20-14-25-28(17(20)2)22-8-4-3-7-21(22)24/h3-4,7-12,14,16H,5-6,13,15H2,1-2H3,(H,26,29). The van der Waals surface area contributed by atoms with Crippen molar-refractivity contribution in [2.45, 2.75) is 31.6 Å². The number of aromatic nitrogens is 2. The lowest BCUT2D eigenvalue weighted by Crippen LogP contribution is -2.39. The van der Waals surface area contributed by atoms with Gasteiger partial charge in [0, 0.05) is 18.8 Å². The topological polar surface area (TPSA) is 84.3 Å². The van der Waals surface area contributed by atoms with Crippen molar-refractivity contribution in [3.63, 3.8) is 0 Å². The van der Waals surface area contributed by atoms with Gasteiger partial charge >= 0.3 is 0 Å². The van der Waals surface area contributed by atoms with Gasteiger partial charge in [-0.1, -0.05) is 19.1 Å². The van der Waals surface area contributed by atoms with Crippen LogP contribution in [0.3, 0.4) is 0 Å². The molecular formula is C23H25FN4O3S. The van der Waals surface area contributed by atoms with Gasteiger partial charge in [0.1, 0.15) is 11.5 Å². The molecule has 2 aromatic carbocycles. The highest BCUT2D eigenvalue weighted by atomic mass is 32.2. The Labute approximate surface area is 186 Å². The zero-order valence-corrected chi connectivity index (χ0v) is 18.8. The van der Waals surface area contributed by atoms with Crippen molar-refractivity contribution < 1.29 is 17.6 Å². The second-order valence-electron chi connectivity index (χ2n) is 8.10. The molecule has 1 fully saturated rings. The molecule has 7 nitrogen and oxygen atoms in total. The highest BCUT2D eigenvalue weighted by Crippen LogP contribution is 2.25. The number of nitrogens with one attached hydrogen (secondary N) is 1. The predicted octanol–water partition coefficient (Wildman–Crippen LogP) is 3.99. The van der Waals surface area contributed by atoms with E-state index in [2.05, 4.69) is 17.3 Å². The molecule has 1 N–H and O–H groups in total. The number of para-hydroxylation sites is 1. The van der Waals surface area contributed by atoms with Gasteiger partial charge in [-0.05, 0) is 62.1 Å². The van der Waals surface area contributed by atoms with Crippen LogP contribution < -0.4 is 5.32 Å². The second-order valence-corrected chi connectivity index (χ2v) is 10.0. The number of carbonyl (C=O) groups excluding carboxylic acids is 1. The molecule has 0 bridgehead atoms. The van der Waals surface area contributed by atoms with Crippen LogP contribution in [0.2, 0.25) is 0 Å². The van der Waals surface area contributed by atoms with Crippen LogP contribution in [0.1, 0.15) is 35.8 Å². The lowest BCUT2D eigenvalue weighted by molar-refractivity contribution is 0.102. The molecule has 1 aromatic heterocycles. The molecule has 0 saturated carbocycles. The number of hydrogen-bond acceptors (Lipinski definition) is 4. The normalized spacial score (nSPS) is 17.3. The number of carbonyl (C=O) groups is 1. The smallest absolute Gasteiger partial charge is 0.259 e. The Morgan fingerprint density at radius 1 is 1.16 bits per heavy atom. The van der Waals surface area contributed by atoms with Gasteiger partial charge in [0.15, 0.2) is 0 Å². The first-order valence-corrected chi connectivity index (χ1v) is 11.9. The minimum atomic E-state index is -3.56. The van der Waals surface area contributed by atoms with Gasteiger partial charge in [-0.25, -0.2) is 17.5 Å². The molecule has 0 radical (unpaired) electrons. The fourth-order valence-electron chi connectivity index (χ4n) is 3.92. The van der Waals surface area contributed by atoms with E-state index in [0.29, 0.717) is 36.0 Å². The number of rotatable bonds is 5. The third-order valence-corrected chi connectivity index (χ3v) is 7.58. The van der Waals surface area contributed by atoms with Gasteiger partial charge in [-0.2, -0.15) is 9.40 Å². The summed E-state index contributed by atoms with van der Waals surface area (Å²) in [5.74, 6) is -0.512. The van der Waals surface area contributed by atoms with Crippen LogP contribution in [0.25, 0.3) is 5.69 Å². The van der Waals surface area contributed by atoms with Gasteiger partial charge in [0.25, 0.3) is 5.91 Å². The largest absolute Gasteiger partial charge is 0.322 e. The number of amides is 1. The van der Waals surface area contributed by atoms with Crippen molar-refractivity contribution >= 4 is 21.6 Å². The molecule has 2 heterocycles. The van der Waals surface area contributed by atoms with Crippen molar-refractivity contribution in [1.29, 1.82) is 0 Å². The summed E-state index contributed by atoms with van der Waals surface area (Å²) in [5, 5.41) is 6.89. The van der Waals surface area contributed by atoms with Gasteiger partial charge in [0.05, 0.1) is 22.3 Å². The van der Waals surface area contributed by atoms with Crippen LogP contribution in [-0.2, 0) is 10.0 Å². The minimum Gasteiger partial charge on any atom is -0.322 e. The lowest BCUT2D eigenvalue weighted by atomic mass is 10.0. The zero-order valence-electron chi connectivity index (χ0n) is 18.0.